The Labute approximate surface area is 99.3 Å². The molecule has 0 aliphatic heterocycles. The van der Waals surface area contributed by atoms with Crippen molar-refractivity contribution in [1.29, 1.82) is 0 Å². The molecule has 0 aromatic rings. The Morgan fingerprint density at radius 2 is 1.94 bits per heavy atom. The molecule has 1 N–H and O–H groups in total. The maximum Gasteiger partial charge on any atom is 0.0616 e. The molecule has 0 bridgehead atoms. The molecule has 0 amide bonds. The fourth-order valence-corrected chi connectivity index (χ4v) is 3.51. The summed E-state index contributed by atoms with van der Waals surface area (Å²) in [5.41, 5.74) is 4.56. The number of rotatable bonds is 1. The SMILES string of the molecule is CC1=C[C@@H]2C(=C(C)C[C@H](O)[C@H]2C(C)C)CC1. The van der Waals surface area contributed by atoms with E-state index in [1.807, 2.05) is 0 Å². The van der Waals surface area contributed by atoms with Crippen molar-refractivity contribution >= 4 is 0 Å². The molecule has 1 nitrogen and oxygen atoms in total. The third-order valence-corrected chi connectivity index (χ3v) is 4.35. The lowest BCUT2D eigenvalue weighted by atomic mass is 9.65. The molecule has 3 atom stereocenters. The molecule has 0 aromatic carbocycles. The van der Waals surface area contributed by atoms with Gasteiger partial charge in [-0.2, -0.15) is 0 Å². The molecular weight excluding hydrogens is 196 g/mol. The number of fused-ring (bicyclic) bond motifs is 1. The Balaban J connectivity index is 2.39. The Morgan fingerprint density at radius 3 is 2.56 bits per heavy atom. The van der Waals surface area contributed by atoms with Crippen molar-refractivity contribution in [1.82, 2.24) is 0 Å². The van der Waals surface area contributed by atoms with E-state index in [-0.39, 0.29) is 6.10 Å². The van der Waals surface area contributed by atoms with Gasteiger partial charge < -0.3 is 5.11 Å². The minimum atomic E-state index is -0.143. The van der Waals surface area contributed by atoms with Gasteiger partial charge in [0.05, 0.1) is 6.10 Å². The zero-order valence-corrected chi connectivity index (χ0v) is 11.0. The van der Waals surface area contributed by atoms with Gasteiger partial charge in [-0.15, -0.1) is 0 Å². The first-order chi connectivity index (χ1) is 7.50. The number of aliphatic hydroxyl groups excluding tert-OH is 1. The summed E-state index contributed by atoms with van der Waals surface area (Å²) in [6, 6.07) is 0. The van der Waals surface area contributed by atoms with Gasteiger partial charge in [0.1, 0.15) is 0 Å². The van der Waals surface area contributed by atoms with E-state index >= 15 is 0 Å². The molecule has 1 heteroatoms. The molecular formula is C15H24O. The zero-order valence-electron chi connectivity index (χ0n) is 11.0. The van der Waals surface area contributed by atoms with Crippen LogP contribution in [0.1, 0.15) is 47.0 Å². The fraction of sp³-hybridized carbons (Fsp3) is 0.733. The van der Waals surface area contributed by atoms with Gasteiger partial charge in [-0.05, 0) is 44.9 Å². The van der Waals surface area contributed by atoms with Crippen molar-refractivity contribution in [3.63, 3.8) is 0 Å². The standard InChI is InChI=1S/C15H24O/c1-9(2)15-13-7-10(3)5-6-12(13)11(4)8-14(15)16/h7,9,13-16H,5-6,8H2,1-4H3/t13-,14+,15+/m1/s1. The number of allylic oxidation sites excluding steroid dienone is 3. The molecule has 0 aromatic heterocycles. The molecule has 0 unspecified atom stereocenters. The summed E-state index contributed by atoms with van der Waals surface area (Å²) in [5.74, 6) is 1.50. The summed E-state index contributed by atoms with van der Waals surface area (Å²) in [6.45, 7) is 8.91. The van der Waals surface area contributed by atoms with Crippen LogP contribution in [0.25, 0.3) is 0 Å². The smallest absolute Gasteiger partial charge is 0.0616 e. The molecule has 0 saturated carbocycles. The van der Waals surface area contributed by atoms with Crippen molar-refractivity contribution in [3.8, 4) is 0 Å². The molecule has 2 rings (SSSR count). The van der Waals surface area contributed by atoms with Gasteiger partial charge in [-0.3, -0.25) is 0 Å². The second-order valence-corrected chi connectivity index (χ2v) is 5.94. The van der Waals surface area contributed by atoms with Crippen LogP contribution in [-0.2, 0) is 0 Å². The third kappa shape index (κ3) is 1.98. The summed E-state index contributed by atoms with van der Waals surface area (Å²) in [4.78, 5) is 0. The molecule has 90 valence electrons. The average molecular weight is 220 g/mol. The molecule has 0 saturated heterocycles. The van der Waals surface area contributed by atoms with Crippen LogP contribution in [0.2, 0.25) is 0 Å². The highest BCUT2D eigenvalue weighted by Crippen LogP contribution is 2.44. The van der Waals surface area contributed by atoms with Gasteiger partial charge in [-0.25, -0.2) is 0 Å². The Morgan fingerprint density at radius 1 is 1.25 bits per heavy atom. The van der Waals surface area contributed by atoms with Gasteiger partial charge >= 0.3 is 0 Å². The topological polar surface area (TPSA) is 20.2 Å². The maximum atomic E-state index is 10.3. The second-order valence-electron chi connectivity index (χ2n) is 5.94. The average Bonchev–Trinajstić information content (AvgIpc) is 2.15. The summed E-state index contributed by atoms with van der Waals surface area (Å²) in [6.07, 6.45) is 5.59. The van der Waals surface area contributed by atoms with E-state index in [1.54, 1.807) is 5.57 Å². The summed E-state index contributed by atoms with van der Waals surface area (Å²) in [7, 11) is 0. The van der Waals surface area contributed by atoms with Crippen LogP contribution in [0.15, 0.2) is 22.8 Å². The molecule has 0 heterocycles. The van der Waals surface area contributed by atoms with Crippen LogP contribution in [0.4, 0.5) is 0 Å². The number of hydrogen-bond acceptors (Lipinski definition) is 1. The molecule has 16 heavy (non-hydrogen) atoms. The van der Waals surface area contributed by atoms with Gasteiger partial charge in [-0.1, -0.05) is 36.6 Å². The summed E-state index contributed by atoms with van der Waals surface area (Å²) >= 11 is 0. The van der Waals surface area contributed by atoms with Crippen LogP contribution in [0, 0.1) is 17.8 Å². The van der Waals surface area contributed by atoms with E-state index < -0.39 is 0 Å². The summed E-state index contributed by atoms with van der Waals surface area (Å²) < 4.78 is 0. The van der Waals surface area contributed by atoms with Crippen molar-refractivity contribution in [2.75, 3.05) is 0 Å². The van der Waals surface area contributed by atoms with Crippen LogP contribution in [0.3, 0.4) is 0 Å². The van der Waals surface area contributed by atoms with E-state index in [1.165, 1.54) is 24.0 Å². The number of aliphatic hydroxyl groups is 1. The van der Waals surface area contributed by atoms with Gasteiger partial charge in [0.2, 0.25) is 0 Å². The lowest BCUT2D eigenvalue weighted by Gasteiger charge is -2.41. The fourth-order valence-electron chi connectivity index (χ4n) is 3.51. The normalized spacial score (nSPS) is 35.1. The first kappa shape index (κ1) is 11.9. The Bertz CT molecular complexity index is 335. The third-order valence-electron chi connectivity index (χ3n) is 4.35. The molecule has 2 aliphatic rings. The Hall–Kier alpha value is -0.560. The van der Waals surface area contributed by atoms with E-state index in [4.69, 9.17) is 0 Å². The van der Waals surface area contributed by atoms with Gasteiger partial charge in [0, 0.05) is 5.92 Å². The quantitative estimate of drug-likeness (QED) is 0.668. The van der Waals surface area contributed by atoms with E-state index in [9.17, 15) is 5.11 Å². The van der Waals surface area contributed by atoms with Crippen LogP contribution in [-0.4, -0.2) is 11.2 Å². The predicted molar refractivity (Wildman–Crippen MR) is 68.1 cm³/mol. The first-order valence-electron chi connectivity index (χ1n) is 6.54. The highest BCUT2D eigenvalue weighted by molar-refractivity contribution is 5.31. The van der Waals surface area contributed by atoms with Crippen LogP contribution < -0.4 is 0 Å². The lowest BCUT2D eigenvalue weighted by Crippen LogP contribution is -2.37. The van der Waals surface area contributed by atoms with Crippen LogP contribution >= 0.6 is 0 Å². The lowest BCUT2D eigenvalue weighted by molar-refractivity contribution is 0.0531. The van der Waals surface area contributed by atoms with Crippen molar-refractivity contribution in [3.05, 3.63) is 22.8 Å². The first-order valence-corrected chi connectivity index (χ1v) is 6.54. The van der Waals surface area contributed by atoms with Gasteiger partial charge in [0.15, 0.2) is 0 Å². The minimum absolute atomic E-state index is 0.143. The van der Waals surface area contributed by atoms with Crippen molar-refractivity contribution in [2.45, 2.75) is 53.1 Å². The minimum Gasteiger partial charge on any atom is -0.392 e. The highest BCUT2D eigenvalue weighted by Gasteiger charge is 2.37. The molecule has 2 aliphatic carbocycles. The van der Waals surface area contributed by atoms with E-state index in [0.29, 0.717) is 17.8 Å². The van der Waals surface area contributed by atoms with E-state index in [0.717, 1.165) is 6.42 Å². The monoisotopic (exact) mass is 220 g/mol. The second kappa shape index (κ2) is 4.37. The maximum absolute atomic E-state index is 10.3. The molecule has 0 spiro atoms. The highest BCUT2D eigenvalue weighted by atomic mass is 16.3. The Kier molecular flexibility index (Phi) is 3.25. The van der Waals surface area contributed by atoms with Crippen molar-refractivity contribution < 1.29 is 5.11 Å². The van der Waals surface area contributed by atoms with E-state index in [2.05, 4.69) is 33.8 Å². The van der Waals surface area contributed by atoms with Gasteiger partial charge in [0.25, 0.3) is 0 Å². The summed E-state index contributed by atoms with van der Waals surface area (Å²) in [5, 5.41) is 10.3. The zero-order chi connectivity index (χ0) is 11.9. The van der Waals surface area contributed by atoms with Crippen molar-refractivity contribution in [2.24, 2.45) is 17.8 Å². The largest absolute Gasteiger partial charge is 0.392 e. The number of hydrogen-bond donors (Lipinski definition) is 1. The predicted octanol–water partition coefficient (Wildman–Crippen LogP) is 3.70. The van der Waals surface area contributed by atoms with Crippen LogP contribution in [0.5, 0.6) is 0 Å². The molecule has 0 radical (unpaired) electrons. The molecule has 0 fully saturated rings.